The number of nitrogens with zero attached hydrogens (tertiary/aromatic N) is 2. The number of primary sulfonamides is 1. The second-order valence-corrected chi connectivity index (χ2v) is 4.55. The lowest BCUT2D eigenvalue weighted by Gasteiger charge is -1.98. The molecule has 0 unspecified atom stereocenters. The van der Waals surface area contributed by atoms with E-state index in [0.29, 0.717) is 5.13 Å². The van der Waals surface area contributed by atoms with E-state index in [9.17, 15) is 8.42 Å². The number of anilines is 1. The maximum absolute atomic E-state index is 10.5. The Labute approximate surface area is 74.0 Å². The monoisotopic (exact) mass is 208 g/mol. The average molecular weight is 208 g/mol. The summed E-state index contributed by atoms with van der Waals surface area (Å²) in [6.07, 6.45) is 1.39. The van der Waals surface area contributed by atoms with E-state index in [4.69, 9.17) is 5.14 Å². The summed E-state index contributed by atoms with van der Waals surface area (Å²) in [6.45, 7) is 0.258. The Morgan fingerprint density at radius 1 is 1.67 bits per heavy atom. The van der Waals surface area contributed by atoms with E-state index < -0.39 is 10.0 Å². The van der Waals surface area contributed by atoms with E-state index in [0.717, 1.165) is 0 Å². The highest BCUT2D eigenvalue weighted by atomic mass is 32.2. The fourth-order valence-electron chi connectivity index (χ4n) is 0.551. The van der Waals surface area contributed by atoms with Crippen LogP contribution in [0.2, 0.25) is 0 Å². The second-order valence-electron chi connectivity index (χ2n) is 2.04. The van der Waals surface area contributed by atoms with Crippen LogP contribution in [-0.4, -0.2) is 30.1 Å². The molecule has 0 atom stereocenters. The van der Waals surface area contributed by atoms with Gasteiger partial charge in [0, 0.05) is 18.1 Å². The molecule has 8 heteroatoms. The Morgan fingerprint density at radius 2 is 2.42 bits per heavy atom. The number of aromatic nitrogens is 2. The predicted octanol–water partition coefficient (Wildman–Crippen LogP) is -0.762. The van der Waals surface area contributed by atoms with Gasteiger partial charge in [-0.2, -0.15) is 4.37 Å². The molecule has 0 radical (unpaired) electrons. The first kappa shape index (κ1) is 9.36. The van der Waals surface area contributed by atoms with Crippen LogP contribution in [0.5, 0.6) is 0 Å². The molecule has 0 aliphatic carbocycles. The van der Waals surface area contributed by atoms with Crippen LogP contribution < -0.4 is 10.5 Å². The average Bonchev–Trinajstić information content (AvgIpc) is 2.36. The molecule has 1 aromatic heterocycles. The summed E-state index contributed by atoms with van der Waals surface area (Å²) in [5.74, 6) is -0.105. The molecule has 0 saturated heterocycles. The van der Waals surface area contributed by atoms with Gasteiger partial charge in [-0.15, -0.1) is 0 Å². The summed E-state index contributed by atoms with van der Waals surface area (Å²) in [6, 6.07) is 0. The van der Waals surface area contributed by atoms with Gasteiger partial charge < -0.3 is 5.32 Å². The Balaban J connectivity index is 2.29. The molecule has 12 heavy (non-hydrogen) atoms. The van der Waals surface area contributed by atoms with E-state index >= 15 is 0 Å². The van der Waals surface area contributed by atoms with Crippen molar-refractivity contribution in [1.29, 1.82) is 0 Å². The normalized spacial score (nSPS) is 11.4. The zero-order valence-corrected chi connectivity index (χ0v) is 7.73. The zero-order chi connectivity index (χ0) is 9.03. The molecule has 0 aliphatic rings. The smallest absolute Gasteiger partial charge is 0.210 e. The van der Waals surface area contributed by atoms with Crippen molar-refractivity contribution < 1.29 is 8.42 Å². The van der Waals surface area contributed by atoms with E-state index in [1.54, 1.807) is 0 Å². The molecule has 6 nitrogen and oxygen atoms in total. The molecular weight excluding hydrogens is 200 g/mol. The fraction of sp³-hybridized carbons (Fsp3) is 0.500. The molecule has 1 rings (SSSR count). The van der Waals surface area contributed by atoms with Crippen molar-refractivity contribution in [2.24, 2.45) is 5.14 Å². The van der Waals surface area contributed by atoms with Gasteiger partial charge in [0.2, 0.25) is 15.2 Å². The van der Waals surface area contributed by atoms with Gasteiger partial charge in [0.1, 0.15) is 6.33 Å². The standard InChI is InChI=1S/C4H8N4O2S2/c5-12(9,10)2-1-6-4-7-3-8-11-4/h3H,1-2H2,(H2,5,9,10)(H,6,7,8). The van der Waals surface area contributed by atoms with Crippen LogP contribution in [0.15, 0.2) is 6.33 Å². The molecule has 1 aromatic rings. The SMILES string of the molecule is NS(=O)(=O)CCNc1ncns1. The molecule has 0 amide bonds. The third-order valence-electron chi connectivity index (χ3n) is 1.02. The maximum Gasteiger partial charge on any atom is 0.210 e. The minimum absolute atomic E-state index is 0.105. The van der Waals surface area contributed by atoms with Crippen LogP contribution in [0.4, 0.5) is 5.13 Å². The minimum Gasteiger partial charge on any atom is -0.359 e. The quantitative estimate of drug-likeness (QED) is 0.677. The highest BCUT2D eigenvalue weighted by molar-refractivity contribution is 7.89. The zero-order valence-electron chi connectivity index (χ0n) is 6.10. The molecule has 1 heterocycles. The lowest BCUT2D eigenvalue weighted by atomic mass is 10.7. The number of hydrogen-bond acceptors (Lipinski definition) is 6. The summed E-state index contributed by atoms with van der Waals surface area (Å²) in [5.41, 5.74) is 0. The Morgan fingerprint density at radius 3 is 2.92 bits per heavy atom. The van der Waals surface area contributed by atoms with E-state index in [2.05, 4.69) is 14.7 Å². The van der Waals surface area contributed by atoms with Crippen LogP contribution in [0.3, 0.4) is 0 Å². The number of nitrogens with two attached hydrogens (primary N) is 1. The van der Waals surface area contributed by atoms with Crippen molar-refractivity contribution in [1.82, 2.24) is 9.36 Å². The van der Waals surface area contributed by atoms with Crippen LogP contribution in [0, 0.1) is 0 Å². The molecule has 0 bridgehead atoms. The predicted molar refractivity (Wildman–Crippen MR) is 46.4 cm³/mol. The van der Waals surface area contributed by atoms with Gasteiger partial charge in [-0.25, -0.2) is 18.5 Å². The third kappa shape index (κ3) is 3.60. The van der Waals surface area contributed by atoms with Crippen LogP contribution in [0.1, 0.15) is 0 Å². The van der Waals surface area contributed by atoms with Crippen molar-refractivity contribution in [3.8, 4) is 0 Å². The maximum atomic E-state index is 10.5. The first-order chi connectivity index (χ1) is 5.58. The summed E-state index contributed by atoms with van der Waals surface area (Å²) < 4.78 is 24.7. The molecule has 0 aromatic carbocycles. The number of nitrogens with one attached hydrogen (secondary N) is 1. The summed E-state index contributed by atoms with van der Waals surface area (Å²) >= 11 is 1.17. The first-order valence-electron chi connectivity index (χ1n) is 3.09. The van der Waals surface area contributed by atoms with Crippen LogP contribution in [0.25, 0.3) is 0 Å². The summed E-state index contributed by atoms with van der Waals surface area (Å²) in [4.78, 5) is 3.80. The minimum atomic E-state index is -3.38. The molecule has 3 N–H and O–H groups in total. The molecule has 0 fully saturated rings. The van der Waals surface area contributed by atoms with Gasteiger partial charge in [-0.3, -0.25) is 0 Å². The largest absolute Gasteiger partial charge is 0.359 e. The second kappa shape index (κ2) is 3.78. The van der Waals surface area contributed by atoms with Crippen molar-refractivity contribution in [3.05, 3.63) is 6.33 Å². The van der Waals surface area contributed by atoms with Gasteiger partial charge in [0.05, 0.1) is 5.75 Å². The van der Waals surface area contributed by atoms with Crippen LogP contribution in [-0.2, 0) is 10.0 Å². The highest BCUT2D eigenvalue weighted by Gasteiger charge is 2.02. The third-order valence-corrected chi connectivity index (χ3v) is 2.42. The van der Waals surface area contributed by atoms with E-state index in [1.807, 2.05) is 0 Å². The van der Waals surface area contributed by atoms with E-state index in [-0.39, 0.29) is 12.3 Å². The van der Waals surface area contributed by atoms with Crippen molar-refractivity contribution in [2.45, 2.75) is 0 Å². The van der Waals surface area contributed by atoms with Gasteiger partial charge >= 0.3 is 0 Å². The van der Waals surface area contributed by atoms with Gasteiger partial charge in [0.15, 0.2) is 0 Å². The Hall–Kier alpha value is -0.730. The fourth-order valence-corrected chi connectivity index (χ4v) is 1.39. The van der Waals surface area contributed by atoms with Crippen molar-refractivity contribution >= 4 is 26.7 Å². The Bertz CT molecular complexity index is 319. The molecule has 0 saturated carbocycles. The topological polar surface area (TPSA) is 98.0 Å². The number of hydrogen-bond donors (Lipinski definition) is 2. The lowest BCUT2D eigenvalue weighted by molar-refractivity contribution is 0.598. The summed E-state index contributed by atoms with van der Waals surface area (Å²) in [7, 11) is -3.38. The lowest BCUT2D eigenvalue weighted by Crippen LogP contribution is -2.22. The number of rotatable bonds is 4. The van der Waals surface area contributed by atoms with Crippen molar-refractivity contribution in [3.63, 3.8) is 0 Å². The molecule has 68 valence electrons. The van der Waals surface area contributed by atoms with Gasteiger partial charge in [-0.05, 0) is 0 Å². The molecule has 0 spiro atoms. The molecule has 0 aliphatic heterocycles. The highest BCUT2D eigenvalue weighted by Crippen LogP contribution is 2.04. The van der Waals surface area contributed by atoms with E-state index in [1.165, 1.54) is 17.9 Å². The van der Waals surface area contributed by atoms with Gasteiger partial charge in [-0.1, -0.05) is 0 Å². The molecular formula is C4H8N4O2S2. The van der Waals surface area contributed by atoms with Crippen molar-refractivity contribution in [2.75, 3.05) is 17.6 Å². The summed E-state index contributed by atoms with van der Waals surface area (Å²) in [5, 5.41) is 8.14. The first-order valence-corrected chi connectivity index (χ1v) is 5.58. The van der Waals surface area contributed by atoms with Gasteiger partial charge in [0.25, 0.3) is 0 Å². The Kier molecular flexibility index (Phi) is 2.95. The number of sulfonamides is 1. The van der Waals surface area contributed by atoms with Crippen LogP contribution >= 0.6 is 11.5 Å².